The summed E-state index contributed by atoms with van der Waals surface area (Å²) in [5.74, 6) is -0.898. The van der Waals surface area contributed by atoms with E-state index in [2.05, 4.69) is 10.1 Å². The number of aromatic nitrogens is 3. The lowest BCUT2D eigenvalue weighted by Gasteiger charge is -2.34. The molecule has 0 spiro atoms. The fourth-order valence-corrected chi connectivity index (χ4v) is 3.17. The molecular formula is C15H17F2N3O2S2. The van der Waals surface area contributed by atoms with Gasteiger partial charge in [0.1, 0.15) is 36.0 Å². The van der Waals surface area contributed by atoms with Crippen molar-refractivity contribution >= 4 is 28.4 Å². The number of hydrogen-bond donors (Lipinski definition) is 1. The number of ether oxygens (including phenoxy) is 1. The van der Waals surface area contributed by atoms with E-state index in [9.17, 15) is 13.9 Å². The largest absolute Gasteiger partial charge is 0.472 e. The molecule has 0 aliphatic rings. The van der Waals surface area contributed by atoms with E-state index >= 15 is 0 Å². The SMILES string of the molecule is CCSC(=S)OC(C)C(O)(Cn1cncn1)c1ccc(F)cc1F. The third kappa shape index (κ3) is 4.28. The first-order valence-electron chi connectivity index (χ1n) is 7.20. The Kier molecular flexibility index (Phi) is 6.25. The van der Waals surface area contributed by atoms with Gasteiger partial charge in [-0.3, -0.25) is 0 Å². The number of benzene rings is 1. The number of hydrogen-bond acceptors (Lipinski definition) is 6. The molecule has 0 radical (unpaired) electrons. The van der Waals surface area contributed by atoms with Crippen molar-refractivity contribution in [3.8, 4) is 0 Å². The van der Waals surface area contributed by atoms with Crippen molar-refractivity contribution in [2.45, 2.75) is 32.1 Å². The summed E-state index contributed by atoms with van der Waals surface area (Å²) in [7, 11) is 0. The molecule has 9 heteroatoms. The van der Waals surface area contributed by atoms with Gasteiger partial charge in [0.2, 0.25) is 4.38 Å². The molecule has 0 aliphatic heterocycles. The summed E-state index contributed by atoms with van der Waals surface area (Å²) in [4.78, 5) is 3.80. The number of rotatable bonds is 6. The number of halogens is 2. The Hall–Kier alpha value is -1.58. The van der Waals surface area contributed by atoms with Crippen molar-refractivity contribution in [1.82, 2.24) is 14.8 Å². The average Bonchev–Trinajstić information content (AvgIpc) is 2.99. The summed E-state index contributed by atoms with van der Waals surface area (Å²) in [6, 6.07) is 2.99. The number of thioether (sulfide) groups is 1. The van der Waals surface area contributed by atoms with Crippen LogP contribution in [0.15, 0.2) is 30.9 Å². The summed E-state index contributed by atoms with van der Waals surface area (Å²) in [6.07, 6.45) is 1.79. The second-order valence-corrected chi connectivity index (χ2v) is 6.95. The lowest BCUT2D eigenvalue weighted by Crippen LogP contribution is -2.44. The molecule has 2 rings (SSSR count). The fourth-order valence-electron chi connectivity index (χ4n) is 2.23. The number of nitrogens with zero attached hydrogens (tertiary/aromatic N) is 3. The van der Waals surface area contributed by atoms with Crippen LogP contribution >= 0.6 is 24.0 Å². The molecule has 1 heterocycles. The minimum atomic E-state index is -1.82. The molecule has 0 amide bonds. The molecule has 130 valence electrons. The zero-order valence-corrected chi connectivity index (χ0v) is 14.8. The molecule has 2 atom stereocenters. The highest BCUT2D eigenvalue weighted by Crippen LogP contribution is 2.32. The van der Waals surface area contributed by atoms with Crippen LogP contribution in [-0.2, 0) is 16.9 Å². The van der Waals surface area contributed by atoms with E-state index in [1.165, 1.54) is 35.2 Å². The van der Waals surface area contributed by atoms with Crippen LogP contribution in [0.5, 0.6) is 0 Å². The van der Waals surface area contributed by atoms with Crippen LogP contribution in [0.25, 0.3) is 0 Å². The van der Waals surface area contributed by atoms with E-state index in [1.807, 2.05) is 6.92 Å². The highest BCUT2D eigenvalue weighted by atomic mass is 32.2. The zero-order chi connectivity index (χ0) is 17.7. The first kappa shape index (κ1) is 18.8. The molecule has 0 bridgehead atoms. The van der Waals surface area contributed by atoms with Crippen LogP contribution in [0.2, 0.25) is 0 Å². The summed E-state index contributed by atoms with van der Waals surface area (Å²) in [6.45, 7) is 3.35. The van der Waals surface area contributed by atoms with Crippen LogP contribution in [0.4, 0.5) is 8.78 Å². The second-order valence-electron chi connectivity index (χ2n) is 5.08. The van der Waals surface area contributed by atoms with E-state index < -0.39 is 23.3 Å². The van der Waals surface area contributed by atoms with Gasteiger partial charge in [-0.1, -0.05) is 24.8 Å². The molecule has 0 fully saturated rings. The van der Waals surface area contributed by atoms with Gasteiger partial charge in [-0.25, -0.2) is 18.4 Å². The Morgan fingerprint density at radius 3 is 2.83 bits per heavy atom. The summed E-state index contributed by atoms with van der Waals surface area (Å²) in [5, 5.41) is 15.1. The van der Waals surface area contributed by atoms with E-state index in [4.69, 9.17) is 17.0 Å². The normalized spacial score (nSPS) is 14.9. The Labute approximate surface area is 148 Å². The van der Waals surface area contributed by atoms with Crippen molar-refractivity contribution in [3.63, 3.8) is 0 Å². The van der Waals surface area contributed by atoms with E-state index in [0.717, 1.165) is 6.07 Å². The standard InChI is InChI=1S/C15H17F2N3O2S2/c1-3-24-14(23)22-10(2)15(21,7-20-9-18-8-19-20)12-5-4-11(16)6-13(12)17/h4-6,8-10,21H,3,7H2,1-2H3. The Morgan fingerprint density at radius 1 is 1.50 bits per heavy atom. The van der Waals surface area contributed by atoms with Gasteiger partial charge in [0.25, 0.3) is 0 Å². The third-order valence-electron chi connectivity index (χ3n) is 3.47. The van der Waals surface area contributed by atoms with E-state index in [0.29, 0.717) is 11.8 Å². The predicted molar refractivity (Wildman–Crippen MR) is 91.6 cm³/mol. The van der Waals surface area contributed by atoms with E-state index in [-0.39, 0.29) is 16.5 Å². The van der Waals surface area contributed by atoms with Crippen LogP contribution in [0.1, 0.15) is 19.4 Å². The van der Waals surface area contributed by atoms with Crippen molar-refractivity contribution < 1.29 is 18.6 Å². The summed E-state index contributed by atoms with van der Waals surface area (Å²) in [5.41, 5.74) is -1.92. The molecular weight excluding hydrogens is 356 g/mol. The van der Waals surface area contributed by atoms with Gasteiger partial charge in [0.05, 0.1) is 6.54 Å². The fraction of sp³-hybridized carbons (Fsp3) is 0.400. The van der Waals surface area contributed by atoms with Crippen LogP contribution < -0.4 is 0 Å². The lowest BCUT2D eigenvalue weighted by atomic mass is 9.88. The van der Waals surface area contributed by atoms with Gasteiger partial charge in [-0.2, -0.15) is 5.10 Å². The van der Waals surface area contributed by atoms with Crippen molar-refractivity contribution in [2.75, 3.05) is 5.75 Å². The van der Waals surface area contributed by atoms with Crippen LogP contribution in [-0.4, -0.2) is 36.1 Å². The van der Waals surface area contributed by atoms with Gasteiger partial charge >= 0.3 is 0 Å². The maximum absolute atomic E-state index is 14.3. The molecule has 24 heavy (non-hydrogen) atoms. The summed E-state index contributed by atoms with van der Waals surface area (Å²) < 4.78 is 34.7. The van der Waals surface area contributed by atoms with Crippen LogP contribution in [0, 0.1) is 11.6 Å². The first-order chi connectivity index (χ1) is 11.4. The maximum Gasteiger partial charge on any atom is 0.220 e. The van der Waals surface area contributed by atoms with E-state index in [1.54, 1.807) is 6.92 Å². The van der Waals surface area contributed by atoms with Gasteiger partial charge in [0.15, 0.2) is 0 Å². The Balaban J connectivity index is 2.38. The molecule has 5 nitrogen and oxygen atoms in total. The van der Waals surface area contributed by atoms with Crippen LogP contribution in [0.3, 0.4) is 0 Å². The highest BCUT2D eigenvalue weighted by molar-refractivity contribution is 8.22. The monoisotopic (exact) mass is 373 g/mol. The third-order valence-corrected chi connectivity index (χ3v) is 4.55. The summed E-state index contributed by atoms with van der Waals surface area (Å²) >= 11 is 6.39. The Morgan fingerprint density at radius 2 is 2.25 bits per heavy atom. The quantitative estimate of drug-likeness (QED) is 0.786. The van der Waals surface area contributed by atoms with Crippen molar-refractivity contribution in [2.24, 2.45) is 0 Å². The molecule has 1 N–H and O–H groups in total. The minimum Gasteiger partial charge on any atom is -0.472 e. The molecule has 0 aliphatic carbocycles. The topological polar surface area (TPSA) is 60.2 Å². The van der Waals surface area contributed by atoms with Gasteiger partial charge in [-0.15, -0.1) is 0 Å². The molecule has 1 aromatic heterocycles. The van der Waals surface area contributed by atoms with Crippen molar-refractivity contribution in [1.29, 1.82) is 0 Å². The second kappa shape index (κ2) is 8.00. The van der Waals surface area contributed by atoms with Crippen molar-refractivity contribution in [3.05, 3.63) is 48.1 Å². The molecule has 2 aromatic rings. The maximum atomic E-state index is 14.3. The minimum absolute atomic E-state index is 0.101. The zero-order valence-electron chi connectivity index (χ0n) is 13.1. The Bertz CT molecular complexity index is 700. The number of thiocarbonyl (C=S) groups is 1. The lowest BCUT2D eigenvalue weighted by molar-refractivity contribution is -0.0784. The average molecular weight is 373 g/mol. The van der Waals surface area contributed by atoms with Gasteiger partial charge < -0.3 is 9.84 Å². The molecule has 2 unspecified atom stereocenters. The highest BCUT2D eigenvalue weighted by Gasteiger charge is 2.41. The molecule has 0 saturated carbocycles. The first-order valence-corrected chi connectivity index (χ1v) is 8.60. The van der Waals surface area contributed by atoms with Gasteiger partial charge in [-0.05, 0) is 31.0 Å². The number of aliphatic hydroxyl groups is 1. The smallest absolute Gasteiger partial charge is 0.220 e. The van der Waals surface area contributed by atoms with Gasteiger partial charge in [0, 0.05) is 11.6 Å². The molecule has 1 aromatic carbocycles. The molecule has 0 saturated heterocycles. The predicted octanol–water partition coefficient (Wildman–Crippen LogP) is 2.89.